The molecule has 7 heteroatoms. The molecule has 0 radical (unpaired) electrons. The van der Waals surface area contributed by atoms with Gasteiger partial charge in [0.25, 0.3) is 7.29 Å². The summed E-state index contributed by atoms with van der Waals surface area (Å²) in [5.74, 6) is 1.93. The lowest BCUT2D eigenvalue weighted by Gasteiger charge is -2.32. The van der Waals surface area contributed by atoms with Crippen LogP contribution in [0.25, 0.3) is 45.0 Å². The summed E-state index contributed by atoms with van der Waals surface area (Å²) in [6.45, 7) is 0. The minimum Gasteiger partial charge on any atom is -0.453 e. The Balaban J connectivity index is 1.43. The maximum Gasteiger partial charge on any atom is 0.274 e. The third kappa shape index (κ3) is 5.47. The van der Waals surface area contributed by atoms with Gasteiger partial charge in [-0.15, -0.1) is 0 Å². The Morgan fingerprint density at radius 3 is 1.38 bits per heavy atom. The highest BCUT2D eigenvalue weighted by atomic mass is 31.2. The average Bonchev–Trinajstić information content (AvgIpc) is 3.34. The monoisotopic (exact) mass is 690 g/mol. The summed E-state index contributed by atoms with van der Waals surface area (Å²) in [4.78, 5) is 15.2. The van der Waals surface area contributed by atoms with E-state index in [1.54, 1.807) is 0 Å². The summed E-state index contributed by atoms with van der Waals surface area (Å²) >= 11 is 0. The van der Waals surface area contributed by atoms with Crippen LogP contribution in [0.4, 0.5) is 11.4 Å². The molecule has 8 aromatic rings. The predicted octanol–water partition coefficient (Wildman–Crippen LogP) is 10.7. The van der Waals surface area contributed by atoms with Gasteiger partial charge in [0.2, 0.25) is 5.57 Å². The van der Waals surface area contributed by atoms with Crippen LogP contribution in [0.2, 0.25) is 0 Å². The number of rotatable bonds is 6. The number of anilines is 2. The maximum absolute atomic E-state index is 17.1. The molecule has 0 spiro atoms. The van der Waals surface area contributed by atoms with Crippen LogP contribution < -0.4 is 20.3 Å². The number of ether oxygens (including phenoxy) is 1. The van der Waals surface area contributed by atoms with Gasteiger partial charge in [-0.2, -0.15) is 0 Å². The normalized spacial score (nSPS) is 14.8. The molecule has 0 saturated carbocycles. The zero-order valence-corrected chi connectivity index (χ0v) is 28.8. The number of nitrogens with zero attached hydrogens (tertiary/aromatic N) is 4. The molecule has 1 aliphatic rings. The Labute approximate surface area is 302 Å². The van der Waals surface area contributed by atoms with Crippen LogP contribution in [0.15, 0.2) is 188 Å². The van der Waals surface area contributed by atoms with Crippen LogP contribution >= 0.6 is 7.29 Å². The topological polar surface area (TPSA) is 68.2 Å². The van der Waals surface area contributed by atoms with E-state index in [4.69, 9.17) is 19.7 Å². The minimum atomic E-state index is -4.07. The van der Waals surface area contributed by atoms with Crippen LogP contribution in [0.5, 0.6) is 11.5 Å². The number of aromatic nitrogens is 3. The van der Waals surface area contributed by atoms with Gasteiger partial charge in [0.15, 0.2) is 17.4 Å². The molecular weight excluding hydrogens is 659 g/mol. The first-order valence-electron chi connectivity index (χ1n) is 17.1. The predicted molar refractivity (Wildman–Crippen MR) is 210 cm³/mol. The van der Waals surface area contributed by atoms with Gasteiger partial charge in [-0.1, -0.05) is 164 Å². The zero-order valence-electron chi connectivity index (χ0n) is 28.0. The first-order valence-corrected chi connectivity index (χ1v) is 18.7. The standard InChI is InChI=1S/C45H31N4O2P/c50-52(45-47-43(34-22-10-3-11-23-34)46-44(48-45)35-24-12-4-13-25-35)40-31-17-29-38(33-20-8-2-9-21-33)42(40)51-41-37(32-18-6-1-7-19-32)28-16-30-39(41)49(52)36-26-14-5-15-27-36/h1-31H. The summed E-state index contributed by atoms with van der Waals surface area (Å²) in [6.07, 6.45) is 0. The highest BCUT2D eigenvalue weighted by molar-refractivity contribution is 7.80. The molecule has 0 saturated heterocycles. The molecule has 9 rings (SSSR count). The minimum absolute atomic E-state index is 0.150. The molecule has 0 fully saturated rings. The molecule has 248 valence electrons. The van der Waals surface area contributed by atoms with Crippen molar-refractivity contribution in [1.82, 2.24) is 15.0 Å². The van der Waals surface area contributed by atoms with Crippen molar-refractivity contribution in [2.24, 2.45) is 0 Å². The smallest absolute Gasteiger partial charge is 0.274 e. The number of hydrogen-bond acceptors (Lipinski definition) is 5. The van der Waals surface area contributed by atoms with Crippen molar-refractivity contribution >= 4 is 29.5 Å². The first kappa shape index (κ1) is 31.4. The second-order valence-electron chi connectivity index (χ2n) is 12.4. The fourth-order valence-electron chi connectivity index (χ4n) is 6.72. The molecule has 6 nitrogen and oxygen atoms in total. The van der Waals surface area contributed by atoms with Crippen molar-refractivity contribution < 1.29 is 9.30 Å². The van der Waals surface area contributed by atoms with Gasteiger partial charge >= 0.3 is 0 Å². The summed E-state index contributed by atoms with van der Waals surface area (Å²) in [5.41, 5.74) is 6.65. The zero-order chi connectivity index (χ0) is 34.9. The van der Waals surface area contributed by atoms with Crippen LogP contribution in [-0.2, 0) is 4.57 Å². The van der Waals surface area contributed by atoms with E-state index in [2.05, 4.69) is 12.1 Å². The van der Waals surface area contributed by atoms with Crippen LogP contribution in [-0.4, -0.2) is 15.0 Å². The van der Waals surface area contributed by atoms with Gasteiger partial charge < -0.3 is 4.74 Å². The Morgan fingerprint density at radius 1 is 0.423 bits per heavy atom. The molecule has 7 aromatic carbocycles. The third-order valence-corrected chi connectivity index (χ3v) is 11.9. The largest absolute Gasteiger partial charge is 0.453 e. The first-order chi connectivity index (χ1) is 25.7. The van der Waals surface area contributed by atoms with E-state index in [0.29, 0.717) is 39.8 Å². The second-order valence-corrected chi connectivity index (χ2v) is 14.8. The molecule has 0 bridgehead atoms. The fraction of sp³-hybridized carbons (Fsp3) is 0. The number of benzene rings is 7. The molecule has 1 aromatic heterocycles. The van der Waals surface area contributed by atoms with Crippen LogP contribution in [0.1, 0.15) is 0 Å². The van der Waals surface area contributed by atoms with Gasteiger partial charge in [0.1, 0.15) is 5.75 Å². The lowest BCUT2D eigenvalue weighted by Crippen LogP contribution is -2.33. The Hall–Kier alpha value is -6.62. The molecule has 1 unspecified atom stereocenters. The van der Waals surface area contributed by atoms with Crippen molar-refractivity contribution in [3.05, 3.63) is 188 Å². The number of hydrogen-bond donors (Lipinski definition) is 0. The van der Waals surface area contributed by atoms with E-state index in [1.165, 1.54) is 0 Å². The van der Waals surface area contributed by atoms with Gasteiger partial charge in [-0.25, -0.2) is 15.0 Å². The molecule has 0 N–H and O–H groups in total. The van der Waals surface area contributed by atoms with Gasteiger partial charge in [0, 0.05) is 27.9 Å². The molecular formula is C45H31N4O2P. The van der Waals surface area contributed by atoms with Crippen molar-refractivity contribution in [2.75, 3.05) is 4.67 Å². The van der Waals surface area contributed by atoms with Crippen molar-refractivity contribution in [2.45, 2.75) is 0 Å². The van der Waals surface area contributed by atoms with E-state index in [-0.39, 0.29) is 5.57 Å². The summed E-state index contributed by atoms with van der Waals surface area (Å²) < 4.78 is 26.1. The number of para-hydroxylation sites is 3. The van der Waals surface area contributed by atoms with E-state index in [9.17, 15) is 0 Å². The van der Waals surface area contributed by atoms with Crippen LogP contribution in [0.3, 0.4) is 0 Å². The highest BCUT2D eigenvalue weighted by Gasteiger charge is 2.46. The summed E-state index contributed by atoms with van der Waals surface area (Å²) in [5, 5.41) is 0.483. The van der Waals surface area contributed by atoms with Gasteiger partial charge in [-0.05, 0) is 35.4 Å². The number of fused-ring (bicyclic) bond motifs is 2. The lowest BCUT2D eigenvalue weighted by molar-refractivity contribution is 0.493. The molecule has 52 heavy (non-hydrogen) atoms. The van der Waals surface area contributed by atoms with E-state index >= 15 is 4.57 Å². The second kappa shape index (κ2) is 13.3. The Morgan fingerprint density at radius 2 is 0.865 bits per heavy atom. The lowest BCUT2D eigenvalue weighted by atomic mass is 10.0. The van der Waals surface area contributed by atoms with E-state index < -0.39 is 7.29 Å². The quantitative estimate of drug-likeness (QED) is 0.162. The maximum atomic E-state index is 17.1. The van der Waals surface area contributed by atoms with Crippen molar-refractivity contribution in [3.63, 3.8) is 0 Å². The SMILES string of the molecule is O=P1(c2nc(-c3ccccc3)nc(-c3ccccc3)n2)c2cccc(-c3ccccc3)c2Oc2c(-c3ccccc3)cccc2N1c1ccccc1. The third-order valence-electron chi connectivity index (χ3n) is 9.16. The van der Waals surface area contributed by atoms with E-state index in [0.717, 1.165) is 33.4 Å². The summed E-state index contributed by atoms with van der Waals surface area (Å²) in [6, 6.07) is 61.3. The van der Waals surface area contributed by atoms with Crippen molar-refractivity contribution in [1.29, 1.82) is 0 Å². The van der Waals surface area contributed by atoms with Gasteiger partial charge in [-0.3, -0.25) is 9.24 Å². The van der Waals surface area contributed by atoms with Crippen molar-refractivity contribution in [3.8, 4) is 56.5 Å². The molecule has 1 atom stereocenters. The molecule has 2 heterocycles. The Bertz CT molecular complexity index is 2510. The molecule has 1 aliphatic heterocycles. The Kier molecular flexibility index (Phi) is 8.00. The molecule has 0 aliphatic carbocycles. The fourth-order valence-corrected chi connectivity index (χ4v) is 9.44. The van der Waals surface area contributed by atoms with Gasteiger partial charge in [0.05, 0.1) is 11.0 Å². The summed E-state index contributed by atoms with van der Waals surface area (Å²) in [7, 11) is -4.07. The molecule has 0 amide bonds. The van der Waals surface area contributed by atoms with E-state index in [1.807, 2.05) is 181 Å². The average molecular weight is 691 g/mol. The highest BCUT2D eigenvalue weighted by Crippen LogP contribution is 2.62. The van der Waals surface area contributed by atoms with Crippen LogP contribution in [0, 0.1) is 0 Å².